The molecule has 5 nitrogen and oxygen atoms in total. The van der Waals surface area contributed by atoms with Crippen LogP contribution in [-0.4, -0.2) is 25.0 Å². The van der Waals surface area contributed by atoms with Crippen LogP contribution in [-0.2, 0) is 0 Å². The van der Waals surface area contributed by atoms with Gasteiger partial charge in [-0.05, 0) is 29.7 Å². The van der Waals surface area contributed by atoms with Gasteiger partial charge in [-0.2, -0.15) is 15.8 Å². The summed E-state index contributed by atoms with van der Waals surface area (Å²) in [5, 5.41) is 29.5. The molecule has 1 aliphatic carbocycles. The molecule has 27 heavy (non-hydrogen) atoms. The maximum absolute atomic E-state index is 9.88. The molecule has 2 N–H and O–H groups in total. The molecular weight excluding hydrogens is 334 g/mol. The molecule has 5 heteroatoms. The van der Waals surface area contributed by atoms with E-state index in [1.807, 2.05) is 25.3 Å². The van der Waals surface area contributed by atoms with E-state index in [1.54, 1.807) is 0 Å². The minimum Gasteiger partial charge on any atom is -0.399 e. The van der Waals surface area contributed by atoms with Crippen LogP contribution < -0.4 is 5.73 Å². The summed E-state index contributed by atoms with van der Waals surface area (Å²) in [6, 6.07) is 14.7. The lowest BCUT2D eigenvalue weighted by Gasteiger charge is -2.44. The van der Waals surface area contributed by atoms with E-state index in [2.05, 4.69) is 49.1 Å². The van der Waals surface area contributed by atoms with E-state index in [0.29, 0.717) is 24.6 Å². The third kappa shape index (κ3) is 2.80. The summed E-state index contributed by atoms with van der Waals surface area (Å²) >= 11 is 0. The predicted molar refractivity (Wildman–Crippen MR) is 103 cm³/mol. The SMILES string of the molecule is CC(C)c1ccc([C@H]2C(C#N)=C(N)C(C#N)(C#N)C3=CCN(C)C[C@@H]32)cc1. The van der Waals surface area contributed by atoms with Crippen molar-refractivity contribution in [3.05, 3.63) is 58.3 Å². The fourth-order valence-electron chi connectivity index (χ4n) is 4.25. The largest absolute Gasteiger partial charge is 0.399 e. The zero-order chi connectivity index (χ0) is 19.8. The van der Waals surface area contributed by atoms with Gasteiger partial charge in [0.25, 0.3) is 0 Å². The summed E-state index contributed by atoms with van der Waals surface area (Å²) < 4.78 is 0. The molecule has 136 valence electrons. The first kappa shape index (κ1) is 18.7. The van der Waals surface area contributed by atoms with Gasteiger partial charge in [0.2, 0.25) is 5.41 Å². The summed E-state index contributed by atoms with van der Waals surface area (Å²) in [5.41, 5.74) is 8.13. The van der Waals surface area contributed by atoms with Gasteiger partial charge in [-0.1, -0.05) is 44.2 Å². The van der Waals surface area contributed by atoms with Crippen molar-refractivity contribution in [3.63, 3.8) is 0 Å². The number of hydrogen-bond donors (Lipinski definition) is 1. The molecule has 0 amide bonds. The first-order valence-corrected chi connectivity index (χ1v) is 9.11. The van der Waals surface area contributed by atoms with Gasteiger partial charge >= 0.3 is 0 Å². The van der Waals surface area contributed by atoms with Crippen molar-refractivity contribution in [2.24, 2.45) is 17.1 Å². The third-order valence-electron chi connectivity index (χ3n) is 5.79. The minimum atomic E-state index is -1.55. The Labute approximate surface area is 160 Å². The topological polar surface area (TPSA) is 101 Å². The van der Waals surface area contributed by atoms with Crippen LogP contribution in [0.4, 0.5) is 0 Å². The lowest BCUT2D eigenvalue weighted by atomic mass is 9.60. The van der Waals surface area contributed by atoms with Gasteiger partial charge in [0.15, 0.2) is 0 Å². The Morgan fingerprint density at radius 2 is 1.78 bits per heavy atom. The fourth-order valence-corrected chi connectivity index (χ4v) is 4.25. The van der Waals surface area contributed by atoms with Gasteiger partial charge in [0.1, 0.15) is 0 Å². The Morgan fingerprint density at radius 3 is 2.30 bits per heavy atom. The summed E-state index contributed by atoms with van der Waals surface area (Å²) in [6.45, 7) is 5.61. The van der Waals surface area contributed by atoms with E-state index in [0.717, 1.165) is 11.1 Å². The first-order valence-electron chi connectivity index (χ1n) is 9.11. The van der Waals surface area contributed by atoms with Crippen LogP contribution >= 0.6 is 0 Å². The Morgan fingerprint density at radius 1 is 1.15 bits per heavy atom. The van der Waals surface area contributed by atoms with Crippen LogP contribution in [0, 0.1) is 45.3 Å². The van der Waals surface area contributed by atoms with E-state index in [1.165, 1.54) is 5.56 Å². The Kier molecular flexibility index (Phi) is 4.79. The molecule has 0 fully saturated rings. The highest BCUT2D eigenvalue weighted by atomic mass is 15.1. The van der Waals surface area contributed by atoms with Gasteiger partial charge < -0.3 is 10.6 Å². The Balaban J connectivity index is 2.24. The maximum atomic E-state index is 9.88. The highest BCUT2D eigenvalue weighted by Crippen LogP contribution is 2.52. The molecule has 1 aromatic carbocycles. The number of benzene rings is 1. The zero-order valence-corrected chi connectivity index (χ0v) is 15.9. The van der Waals surface area contributed by atoms with Crippen LogP contribution in [0.15, 0.2) is 47.2 Å². The molecule has 2 aliphatic rings. The van der Waals surface area contributed by atoms with Crippen molar-refractivity contribution in [1.82, 2.24) is 4.90 Å². The van der Waals surface area contributed by atoms with Crippen LogP contribution in [0.5, 0.6) is 0 Å². The van der Waals surface area contributed by atoms with Crippen LogP contribution in [0.25, 0.3) is 0 Å². The molecule has 1 heterocycles. The van der Waals surface area contributed by atoms with E-state index < -0.39 is 5.41 Å². The number of likely N-dealkylation sites (N-methyl/N-ethyl adjacent to an activating group) is 1. The van der Waals surface area contributed by atoms with Gasteiger partial charge in [0, 0.05) is 24.9 Å². The normalized spacial score (nSPS) is 24.4. The molecule has 0 saturated carbocycles. The molecule has 0 unspecified atom stereocenters. The molecule has 1 aromatic rings. The second-order valence-corrected chi connectivity index (χ2v) is 7.70. The number of fused-ring (bicyclic) bond motifs is 1. The molecule has 0 spiro atoms. The molecule has 1 aliphatic heterocycles. The summed E-state index contributed by atoms with van der Waals surface area (Å²) in [7, 11) is 2.00. The minimum absolute atomic E-state index is 0.0833. The number of rotatable bonds is 2. The van der Waals surface area contributed by atoms with Crippen molar-refractivity contribution in [2.75, 3.05) is 20.1 Å². The monoisotopic (exact) mass is 357 g/mol. The van der Waals surface area contributed by atoms with Gasteiger partial charge in [-0.3, -0.25) is 0 Å². The lowest BCUT2D eigenvalue weighted by molar-refractivity contribution is 0.264. The number of nitrogens with two attached hydrogens (primary N) is 1. The fraction of sp³-hybridized carbons (Fsp3) is 0.409. The third-order valence-corrected chi connectivity index (χ3v) is 5.79. The van der Waals surface area contributed by atoms with Gasteiger partial charge in [0.05, 0.1) is 29.5 Å². The Bertz CT molecular complexity index is 917. The molecule has 0 bridgehead atoms. The van der Waals surface area contributed by atoms with E-state index in [-0.39, 0.29) is 17.5 Å². The van der Waals surface area contributed by atoms with Crippen molar-refractivity contribution in [3.8, 4) is 18.2 Å². The second kappa shape index (κ2) is 6.92. The summed E-state index contributed by atoms with van der Waals surface area (Å²) in [4.78, 5) is 2.14. The average molecular weight is 357 g/mol. The van der Waals surface area contributed by atoms with Crippen molar-refractivity contribution in [1.29, 1.82) is 15.8 Å². The highest BCUT2D eigenvalue weighted by Gasteiger charge is 2.52. The first-order chi connectivity index (χ1) is 12.9. The average Bonchev–Trinajstić information content (AvgIpc) is 2.67. The van der Waals surface area contributed by atoms with Crippen LogP contribution in [0.1, 0.15) is 36.8 Å². The smallest absolute Gasteiger partial charge is 0.204 e. The lowest BCUT2D eigenvalue weighted by Crippen LogP contribution is -2.46. The zero-order valence-electron chi connectivity index (χ0n) is 15.9. The Hall–Kier alpha value is -3.07. The quantitative estimate of drug-likeness (QED) is 0.819. The molecule has 3 rings (SSSR count). The number of nitriles is 3. The maximum Gasteiger partial charge on any atom is 0.204 e. The van der Waals surface area contributed by atoms with Gasteiger partial charge in [-0.25, -0.2) is 0 Å². The van der Waals surface area contributed by atoms with E-state index >= 15 is 0 Å². The van der Waals surface area contributed by atoms with Gasteiger partial charge in [-0.15, -0.1) is 0 Å². The molecule has 2 atom stereocenters. The number of hydrogen-bond acceptors (Lipinski definition) is 5. The van der Waals surface area contributed by atoms with Crippen molar-refractivity contribution < 1.29 is 0 Å². The molecular formula is C22H23N5. The van der Waals surface area contributed by atoms with Crippen molar-refractivity contribution >= 4 is 0 Å². The highest BCUT2D eigenvalue weighted by molar-refractivity contribution is 5.58. The summed E-state index contributed by atoms with van der Waals surface area (Å²) in [5.74, 6) is 0.0393. The molecule has 0 saturated heterocycles. The molecule has 0 radical (unpaired) electrons. The van der Waals surface area contributed by atoms with E-state index in [4.69, 9.17) is 5.73 Å². The van der Waals surface area contributed by atoms with Crippen molar-refractivity contribution in [2.45, 2.75) is 25.7 Å². The summed E-state index contributed by atoms with van der Waals surface area (Å²) in [6.07, 6.45) is 1.94. The standard InChI is InChI=1S/C22H23N5/c1-14(2)15-4-6-16(7-5-15)20-17(10-23)21(26)22(12-24,13-25)19-8-9-27(3)11-18(19)20/h4-8,14,18,20H,9,11,26H2,1-3H3/t18-,20-/m0/s1. The van der Waals surface area contributed by atoms with Crippen LogP contribution in [0.3, 0.4) is 0 Å². The number of nitrogens with zero attached hydrogens (tertiary/aromatic N) is 4. The number of allylic oxidation sites excluding steroid dienone is 2. The van der Waals surface area contributed by atoms with Crippen LogP contribution in [0.2, 0.25) is 0 Å². The van der Waals surface area contributed by atoms with E-state index in [9.17, 15) is 15.8 Å². The second-order valence-electron chi connectivity index (χ2n) is 7.70. The molecule has 0 aromatic heterocycles. The predicted octanol–water partition coefficient (Wildman–Crippen LogP) is 3.17.